The maximum atomic E-state index is 11.0. The monoisotopic (exact) mass is 268 g/mol. The second-order valence-corrected chi connectivity index (χ2v) is 11.1. The molecule has 0 unspecified atom stereocenters. The minimum Gasteiger partial charge on any atom is -0.462 e. The summed E-state index contributed by atoms with van der Waals surface area (Å²) >= 11 is 0. The number of hydrogen-bond acceptors (Lipinski definition) is 2. The van der Waals surface area contributed by atoms with Gasteiger partial charge in [-0.3, -0.25) is 4.79 Å². The van der Waals surface area contributed by atoms with E-state index >= 15 is 0 Å². The van der Waals surface area contributed by atoms with Crippen molar-refractivity contribution in [1.29, 1.82) is 0 Å². The summed E-state index contributed by atoms with van der Waals surface area (Å²) in [6, 6.07) is 0. The van der Waals surface area contributed by atoms with Crippen molar-refractivity contribution in [3.63, 3.8) is 0 Å². The Hall–Kier alpha value is -0.833. The maximum absolute atomic E-state index is 11.0. The van der Waals surface area contributed by atoms with Crippen molar-refractivity contribution in [1.82, 2.24) is 0 Å². The molecule has 104 valence electrons. The lowest BCUT2D eigenvalue weighted by atomic mass is 9.99. The molecule has 0 rings (SSSR count). The van der Waals surface area contributed by atoms with Crippen LogP contribution in [0.25, 0.3) is 0 Å². The molecule has 18 heavy (non-hydrogen) atoms. The number of carbonyl (C=O) groups is 1. The third-order valence-electron chi connectivity index (χ3n) is 2.68. The lowest BCUT2D eigenvalue weighted by Crippen LogP contribution is -2.22. The fourth-order valence-corrected chi connectivity index (χ4v) is 2.50. The van der Waals surface area contributed by atoms with Gasteiger partial charge in [-0.25, -0.2) is 0 Å². The van der Waals surface area contributed by atoms with Gasteiger partial charge in [0.25, 0.3) is 0 Å². The molecule has 0 saturated heterocycles. The summed E-state index contributed by atoms with van der Waals surface area (Å²) in [5.41, 5.74) is 3.58. The molecule has 2 nitrogen and oxygen atoms in total. The predicted molar refractivity (Wildman–Crippen MR) is 81.3 cm³/mol. The zero-order valence-corrected chi connectivity index (χ0v) is 13.9. The van der Waals surface area contributed by atoms with Gasteiger partial charge in [0.1, 0.15) is 6.10 Å². The fourth-order valence-electron chi connectivity index (χ4n) is 1.73. The molecular weight excluding hydrogens is 240 g/mol. The average Bonchev–Trinajstić information content (AvgIpc) is 2.21. The van der Waals surface area contributed by atoms with E-state index in [2.05, 4.69) is 51.3 Å². The smallest absolute Gasteiger partial charge is 0.302 e. The standard InChI is InChI=1S/C15H28O2Si/c1-8-15(17-14(4)16)13(3)11-12(2)9-10-18(5,6)7/h9-11,13,15H,8H2,1-7H3/b10-9+,12-11+/t13-,15+/m0/s1. The molecule has 0 radical (unpaired) electrons. The number of allylic oxidation sites excluding steroid dienone is 2. The van der Waals surface area contributed by atoms with Crippen LogP contribution in [0, 0.1) is 5.92 Å². The third kappa shape index (κ3) is 8.29. The zero-order valence-electron chi connectivity index (χ0n) is 12.9. The Labute approximate surface area is 113 Å². The van der Waals surface area contributed by atoms with Crippen molar-refractivity contribution in [3.05, 3.63) is 23.4 Å². The van der Waals surface area contributed by atoms with Gasteiger partial charge in [0.2, 0.25) is 0 Å². The van der Waals surface area contributed by atoms with E-state index in [-0.39, 0.29) is 18.0 Å². The second kappa shape index (κ2) is 7.57. The minimum absolute atomic E-state index is 0.0160. The summed E-state index contributed by atoms with van der Waals surface area (Å²) in [6.07, 6.45) is 5.22. The van der Waals surface area contributed by atoms with Gasteiger partial charge in [-0.05, 0) is 13.3 Å². The van der Waals surface area contributed by atoms with Gasteiger partial charge in [0.05, 0.1) is 8.07 Å². The molecule has 2 atom stereocenters. The van der Waals surface area contributed by atoms with Crippen molar-refractivity contribution >= 4 is 14.0 Å². The van der Waals surface area contributed by atoms with Gasteiger partial charge < -0.3 is 4.74 Å². The number of ether oxygens (including phenoxy) is 1. The largest absolute Gasteiger partial charge is 0.462 e. The highest BCUT2D eigenvalue weighted by Crippen LogP contribution is 2.16. The van der Waals surface area contributed by atoms with E-state index in [9.17, 15) is 4.79 Å². The molecule has 0 heterocycles. The van der Waals surface area contributed by atoms with E-state index in [1.807, 2.05) is 6.92 Å². The second-order valence-electron chi connectivity index (χ2n) is 6.03. The van der Waals surface area contributed by atoms with Crippen LogP contribution in [0.4, 0.5) is 0 Å². The number of esters is 1. The first-order valence-electron chi connectivity index (χ1n) is 6.70. The van der Waals surface area contributed by atoms with Gasteiger partial charge >= 0.3 is 5.97 Å². The van der Waals surface area contributed by atoms with Crippen LogP contribution in [0.5, 0.6) is 0 Å². The highest BCUT2D eigenvalue weighted by atomic mass is 28.3. The normalized spacial score (nSPS) is 16.7. The van der Waals surface area contributed by atoms with Crippen molar-refractivity contribution in [3.8, 4) is 0 Å². The van der Waals surface area contributed by atoms with Crippen LogP contribution in [0.15, 0.2) is 23.4 Å². The van der Waals surface area contributed by atoms with Gasteiger partial charge in [-0.2, -0.15) is 0 Å². The number of rotatable bonds is 6. The Kier molecular flexibility index (Phi) is 7.22. The Morgan fingerprint density at radius 2 is 1.83 bits per heavy atom. The summed E-state index contributed by atoms with van der Waals surface area (Å²) in [6.45, 7) is 14.7. The van der Waals surface area contributed by atoms with Crippen LogP contribution in [-0.2, 0) is 9.53 Å². The molecule has 0 bridgehead atoms. The molecular formula is C15H28O2Si. The Balaban J connectivity index is 4.63. The van der Waals surface area contributed by atoms with Crippen molar-refractivity contribution < 1.29 is 9.53 Å². The van der Waals surface area contributed by atoms with Crippen molar-refractivity contribution in [2.24, 2.45) is 5.92 Å². The van der Waals surface area contributed by atoms with Gasteiger partial charge in [-0.15, -0.1) is 0 Å². The molecule has 0 aromatic rings. The van der Waals surface area contributed by atoms with Crippen LogP contribution in [0.1, 0.15) is 34.1 Å². The molecule has 0 aromatic carbocycles. The van der Waals surface area contributed by atoms with Gasteiger partial charge in [0, 0.05) is 12.8 Å². The highest BCUT2D eigenvalue weighted by Gasteiger charge is 2.16. The van der Waals surface area contributed by atoms with Crippen LogP contribution >= 0.6 is 0 Å². The van der Waals surface area contributed by atoms with E-state index in [0.717, 1.165) is 6.42 Å². The first-order chi connectivity index (χ1) is 8.15. The number of hydrogen-bond donors (Lipinski definition) is 0. The van der Waals surface area contributed by atoms with Crippen LogP contribution in [0.3, 0.4) is 0 Å². The Bertz CT molecular complexity index is 324. The first-order valence-corrected chi connectivity index (χ1v) is 10.3. The summed E-state index contributed by atoms with van der Waals surface area (Å²) < 4.78 is 5.31. The topological polar surface area (TPSA) is 26.3 Å². The predicted octanol–water partition coefficient (Wildman–Crippen LogP) is 4.34. The summed E-state index contributed by atoms with van der Waals surface area (Å²) in [7, 11) is -1.14. The Morgan fingerprint density at radius 3 is 2.22 bits per heavy atom. The van der Waals surface area contributed by atoms with E-state index in [4.69, 9.17) is 4.74 Å². The molecule has 0 amide bonds. The molecule has 0 saturated carbocycles. The summed E-state index contributed by atoms with van der Waals surface area (Å²) in [5, 5.41) is 0. The average molecular weight is 268 g/mol. The van der Waals surface area contributed by atoms with E-state index < -0.39 is 8.07 Å². The lowest BCUT2D eigenvalue weighted by Gasteiger charge is -2.20. The van der Waals surface area contributed by atoms with Gasteiger partial charge in [-0.1, -0.05) is 56.9 Å². The molecule has 0 aliphatic rings. The van der Waals surface area contributed by atoms with Crippen molar-refractivity contribution in [2.75, 3.05) is 0 Å². The molecule has 0 spiro atoms. The summed E-state index contributed by atoms with van der Waals surface area (Å²) in [4.78, 5) is 11.0. The Morgan fingerprint density at radius 1 is 1.28 bits per heavy atom. The van der Waals surface area contributed by atoms with E-state index in [1.165, 1.54) is 12.5 Å². The summed E-state index contributed by atoms with van der Waals surface area (Å²) in [5.74, 6) is 0.0579. The molecule has 3 heteroatoms. The molecule has 0 N–H and O–H groups in total. The molecule has 0 aliphatic carbocycles. The fraction of sp³-hybridized carbons (Fsp3) is 0.667. The van der Waals surface area contributed by atoms with E-state index in [0.29, 0.717) is 0 Å². The van der Waals surface area contributed by atoms with E-state index in [1.54, 1.807) is 0 Å². The van der Waals surface area contributed by atoms with Crippen LogP contribution in [0.2, 0.25) is 19.6 Å². The SMILES string of the molecule is CC[C@@H](OC(C)=O)[C@@H](C)/C=C(C)/C=C/[Si](C)(C)C. The maximum Gasteiger partial charge on any atom is 0.302 e. The van der Waals surface area contributed by atoms with Crippen molar-refractivity contribution in [2.45, 2.75) is 59.9 Å². The van der Waals surface area contributed by atoms with Crippen LogP contribution < -0.4 is 0 Å². The molecule has 0 fully saturated rings. The zero-order chi connectivity index (χ0) is 14.3. The quantitative estimate of drug-likeness (QED) is 0.407. The van der Waals surface area contributed by atoms with Crippen LogP contribution in [-0.4, -0.2) is 20.1 Å². The first kappa shape index (κ1) is 17.2. The molecule has 0 aliphatic heterocycles. The third-order valence-corrected chi connectivity index (χ3v) is 3.84. The number of carbonyl (C=O) groups excluding carboxylic acids is 1. The highest BCUT2D eigenvalue weighted by molar-refractivity contribution is 6.81. The minimum atomic E-state index is -1.14. The lowest BCUT2D eigenvalue weighted by molar-refractivity contribution is -0.148. The van der Waals surface area contributed by atoms with Gasteiger partial charge in [0.15, 0.2) is 0 Å². The molecule has 0 aromatic heterocycles.